The van der Waals surface area contributed by atoms with Crippen molar-refractivity contribution in [2.75, 3.05) is 19.6 Å². The molecule has 0 aliphatic rings. The Hall–Kier alpha value is -2.20. The molecule has 0 bridgehead atoms. The molecule has 35 heavy (non-hydrogen) atoms. The first kappa shape index (κ1) is 37.4. The van der Waals surface area contributed by atoms with Gasteiger partial charge in [0.2, 0.25) is 5.91 Å². The Balaban J connectivity index is -0.00000110. The molecule has 10 nitrogen and oxygen atoms in total. The van der Waals surface area contributed by atoms with Gasteiger partial charge < -0.3 is 31.7 Å². The van der Waals surface area contributed by atoms with Gasteiger partial charge in [0.15, 0.2) is 0 Å². The number of hydrogen-bond donors (Lipinski definition) is 6. The lowest BCUT2D eigenvalue weighted by molar-refractivity contribution is -0.141. The van der Waals surface area contributed by atoms with E-state index < -0.39 is 29.9 Å². The van der Waals surface area contributed by atoms with Gasteiger partial charge in [0.25, 0.3) is 11.9 Å². The van der Waals surface area contributed by atoms with Crippen molar-refractivity contribution in [3.05, 3.63) is 0 Å². The summed E-state index contributed by atoms with van der Waals surface area (Å²) in [6, 6.07) is -0.876. The Kier molecular flexibility index (Phi) is 31.8. The van der Waals surface area contributed by atoms with Crippen LogP contribution in [-0.2, 0) is 19.2 Å². The van der Waals surface area contributed by atoms with Gasteiger partial charge in [-0.05, 0) is 32.5 Å². The van der Waals surface area contributed by atoms with Crippen LogP contribution in [0.15, 0.2) is 0 Å². The summed E-state index contributed by atoms with van der Waals surface area (Å²) in [7, 11) is 0. The van der Waals surface area contributed by atoms with E-state index in [9.17, 15) is 9.59 Å². The minimum absolute atomic E-state index is 0.165. The molecule has 208 valence electrons. The molecule has 0 aromatic heterocycles. The smallest absolute Gasteiger partial charge is 0.321 e. The van der Waals surface area contributed by atoms with Gasteiger partial charge in [-0.2, -0.15) is 0 Å². The van der Waals surface area contributed by atoms with Crippen molar-refractivity contribution >= 4 is 23.8 Å². The molecule has 0 aliphatic heterocycles. The lowest BCUT2D eigenvalue weighted by Gasteiger charge is -2.12. The summed E-state index contributed by atoms with van der Waals surface area (Å²) < 4.78 is 0. The van der Waals surface area contributed by atoms with Crippen molar-refractivity contribution in [3.8, 4) is 0 Å². The summed E-state index contributed by atoms with van der Waals surface area (Å²) in [5.74, 6) is -3.29. The highest BCUT2D eigenvalue weighted by molar-refractivity contribution is 5.83. The van der Waals surface area contributed by atoms with E-state index in [1.165, 1.54) is 77.0 Å². The highest BCUT2D eigenvalue weighted by atomic mass is 16.4. The van der Waals surface area contributed by atoms with Gasteiger partial charge >= 0.3 is 5.97 Å². The van der Waals surface area contributed by atoms with Gasteiger partial charge in [-0.25, -0.2) is 0 Å². The van der Waals surface area contributed by atoms with Crippen molar-refractivity contribution in [1.29, 1.82) is 0 Å². The number of rotatable bonds is 21. The van der Waals surface area contributed by atoms with Crippen LogP contribution < -0.4 is 16.4 Å². The Labute approximate surface area is 211 Å². The number of unbranched alkanes of at least 4 members (excludes halogenated alkanes) is 11. The number of aliphatic carboxylic acids is 3. The molecule has 0 fully saturated rings. The van der Waals surface area contributed by atoms with Crippen LogP contribution in [-0.4, -0.2) is 64.8 Å². The van der Waals surface area contributed by atoms with E-state index in [2.05, 4.69) is 17.6 Å². The number of carboxylic acid groups (broad SMARTS) is 3. The first-order chi connectivity index (χ1) is 16.5. The van der Waals surface area contributed by atoms with Crippen LogP contribution in [0, 0.1) is 0 Å². The normalized spacial score (nSPS) is 10.8. The third-order valence-corrected chi connectivity index (χ3v) is 4.83. The lowest BCUT2D eigenvalue weighted by atomic mass is 10.1. The van der Waals surface area contributed by atoms with Crippen molar-refractivity contribution in [3.63, 3.8) is 0 Å². The van der Waals surface area contributed by atoms with Crippen LogP contribution in [0.2, 0.25) is 0 Å². The molecule has 10 heteroatoms. The maximum absolute atomic E-state index is 11.0. The van der Waals surface area contributed by atoms with Crippen LogP contribution in [0.3, 0.4) is 0 Å². The summed E-state index contributed by atoms with van der Waals surface area (Å²) in [6.45, 7) is 6.86. The number of carbonyl (C=O) groups excluding carboxylic acids is 1. The second-order valence-corrected chi connectivity index (χ2v) is 8.55. The SMILES string of the molecule is CC(=O)O.CC(=O)O.CCCCCCCCCCCCCCNCCCN[C@@H](CC(N)=O)C(=O)O. The first-order valence-electron chi connectivity index (χ1n) is 12.9. The van der Waals surface area contributed by atoms with Gasteiger partial charge in [0.05, 0.1) is 6.42 Å². The highest BCUT2D eigenvalue weighted by Gasteiger charge is 2.18. The summed E-state index contributed by atoms with van der Waals surface area (Å²) in [5.41, 5.74) is 5.04. The molecule has 0 aliphatic carbocycles. The van der Waals surface area contributed by atoms with Gasteiger partial charge in [-0.1, -0.05) is 77.6 Å². The van der Waals surface area contributed by atoms with Gasteiger partial charge in [-0.3, -0.25) is 19.2 Å². The molecule has 1 atom stereocenters. The second-order valence-electron chi connectivity index (χ2n) is 8.55. The summed E-state index contributed by atoms with van der Waals surface area (Å²) in [5, 5.41) is 30.0. The predicted octanol–water partition coefficient (Wildman–Crippen LogP) is 3.77. The average Bonchev–Trinajstić information content (AvgIpc) is 2.74. The molecule has 0 aromatic carbocycles. The average molecular weight is 506 g/mol. The molecule has 1 amide bonds. The van der Waals surface area contributed by atoms with Crippen LogP contribution in [0.4, 0.5) is 0 Å². The molecular weight excluding hydrogens is 454 g/mol. The molecule has 0 radical (unpaired) electrons. The van der Waals surface area contributed by atoms with Gasteiger partial charge in [0.1, 0.15) is 6.04 Å². The molecule has 0 saturated heterocycles. The minimum Gasteiger partial charge on any atom is -0.481 e. The Morgan fingerprint density at radius 2 is 1.03 bits per heavy atom. The van der Waals surface area contributed by atoms with Crippen LogP contribution >= 0.6 is 0 Å². The van der Waals surface area contributed by atoms with Crippen molar-refractivity contribution in [2.45, 2.75) is 117 Å². The molecule has 0 aromatic rings. The third-order valence-electron chi connectivity index (χ3n) is 4.83. The fraction of sp³-hybridized carbons (Fsp3) is 0.840. The van der Waals surface area contributed by atoms with E-state index in [1.54, 1.807) is 0 Å². The topological polar surface area (TPSA) is 179 Å². The Morgan fingerprint density at radius 1 is 0.657 bits per heavy atom. The van der Waals surface area contributed by atoms with Crippen molar-refractivity contribution in [1.82, 2.24) is 10.6 Å². The van der Waals surface area contributed by atoms with E-state index >= 15 is 0 Å². The quantitative estimate of drug-likeness (QED) is 0.127. The van der Waals surface area contributed by atoms with E-state index in [1.807, 2.05) is 0 Å². The lowest BCUT2D eigenvalue weighted by Crippen LogP contribution is -2.41. The zero-order valence-electron chi connectivity index (χ0n) is 22.2. The molecule has 0 unspecified atom stereocenters. The maximum atomic E-state index is 11.0. The predicted molar refractivity (Wildman–Crippen MR) is 138 cm³/mol. The van der Waals surface area contributed by atoms with Crippen LogP contribution in [0.5, 0.6) is 0 Å². The molecule has 7 N–H and O–H groups in total. The third kappa shape index (κ3) is 45.9. The van der Waals surface area contributed by atoms with Gasteiger partial charge in [-0.15, -0.1) is 0 Å². The van der Waals surface area contributed by atoms with E-state index in [0.29, 0.717) is 6.54 Å². The van der Waals surface area contributed by atoms with E-state index in [0.717, 1.165) is 33.4 Å². The summed E-state index contributed by atoms with van der Waals surface area (Å²) >= 11 is 0. The fourth-order valence-corrected chi connectivity index (χ4v) is 3.15. The van der Waals surface area contributed by atoms with Crippen molar-refractivity contribution < 1.29 is 34.5 Å². The van der Waals surface area contributed by atoms with E-state index in [4.69, 9.17) is 30.6 Å². The van der Waals surface area contributed by atoms with Crippen LogP contribution in [0.1, 0.15) is 111 Å². The maximum Gasteiger partial charge on any atom is 0.321 e. The van der Waals surface area contributed by atoms with E-state index in [-0.39, 0.29) is 6.42 Å². The Bertz CT molecular complexity index is 511. The summed E-state index contributed by atoms with van der Waals surface area (Å²) in [6.07, 6.45) is 17.0. The number of hydrogen-bond acceptors (Lipinski definition) is 6. The first-order valence-corrected chi connectivity index (χ1v) is 12.9. The zero-order chi connectivity index (χ0) is 27.3. The molecule has 0 rings (SSSR count). The number of amides is 1. The number of carbonyl (C=O) groups is 4. The zero-order valence-corrected chi connectivity index (χ0v) is 22.2. The molecule has 0 spiro atoms. The van der Waals surface area contributed by atoms with Crippen molar-refractivity contribution in [2.24, 2.45) is 5.73 Å². The minimum atomic E-state index is -1.03. The largest absolute Gasteiger partial charge is 0.481 e. The van der Waals surface area contributed by atoms with Crippen LogP contribution in [0.25, 0.3) is 0 Å². The number of nitrogens with one attached hydrogen (secondary N) is 2. The highest BCUT2D eigenvalue weighted by Crippen LogP contribution is 2.11. The molecular formula is C25H51N3O7. The van der Waals surface area contributed by atoms with Gasteiger partial charge in [0, 0.05) is 13.8 Å². The molecule has 0 heterocycles. The second kappa shape index (κ2) is 29.8. The number of carboxylic acids is 3. The Morgan fingerprint density at radius 3 is 1.40 bits per heavy atom. The summed E-state index contributed by atoms with van der Waals surface area (Å²) in [4.78, 5) is 39.8. The number of primary amides is 1. The monoisotopic (exact) mass is 505 g/mol. The standard InChI is InChI=1S/C21H43N3O3.2C2H4O2/c1-2-3-4-5-6-7-8-9-10-11-12-13-15-23-16-14-17-24-19(21(26)27)18-20(22)25;2*1-2(3)4/h19,23-24H,2-18H2,1H3,(H2,22,25)(H,26,27);2*1H3,(H,3,4)/t19-;;/m0../s1. The fourth-order valence-electron chi connectivity index (χ4n) is 3.15. The number of nitrogens with two attached hydrogens (primary N) is 1. The molecule has 0 saturated carbocycles.